The molecule has 0 spiro atoms. The molecule has 7 heteroatoms. The zero-order valence-corrected chi connectivity index (χ0v) is 17.4. The van der Waals surface area contributed by atoms with Gasteiger partial charge >= 0.3 is 0 Å². The minimum absolute atomic E-state index is 0.596. The summed E-state index contributed by atoms with van der Waals surface area (Å²) in [4.78, 5) is 19.7. The van der Waals surface area contributed by atoms with Gasteiger partial charge in [0.15, 0.2) is 5.13 Å². The molecule has 0 atom stereocenters. The molecular formula is C20H24N4OS2. The van der Waals surface area contributed by atoms with Crippen LogP contribution in [0.3, 0.4) is 0 Å². The first-order chi connectivity index (χ1) is 13.2. The van der Waals surface area contributed by atoms with Gasteiger partial charge in [0.2, 0.25) is 6.41 Å². The van der Waals surface area contributed by atoms with Crippen molar-refractivity contribution in [1.29, 1.82) is 0 Å². The van der Waals surface area contributed by atoms with Gasteiger partial charge in [0.25, 0.3) is 0 Å². The van der Waals surface area contributed by atoms with Crippen molar-refractivity contribution in [1.82, 2.24) is 14.3 Å². The van der Waals surface area contributed by atoms with Gasteiger partial charge < -0.3 is 5.32 Å². The summed E-state index contributed by atoms with van der Waals surface area (Å²) in [5.74, 6) is 0. The summed E-state index contributed by atoms with van der Waals surface area (Å²) >= 11 is 3.22. The second-order valence-corrected chi connectivity index (χ2v) is 7.59. The number of aromatic nitrogens is 2. The van der Waals surface area contributed by atoms with Gasteiger partial charge in [-0.15, -0.1) is 11.3 Å². The van der Waals surface area contributed by atoms with Crippen LogP contribution < -0.4 is 5.32 Å². The van der Waals surface area contributed by atoms with E-state index in [-0.39, 0.29) is 0 Å². The fraction of sp³-hybridized carbons (Fsp3) is 0.250. The van der Waals surface area contributed by atoms with E-state index in [0.29, 0.717) is 11.5 Å². The standard InChI is InChI=1S/C11H17NS.C9H7N3OS/c1-4-12(5-2)13-11-8-6-10(3)7-9-11;13-6-11-9-12-8(5-14-9)7-2-1-3-10-4-7/h6-9H,4-5H2,1-3H3;1-6H,(H,11,12,13). The van der Waals surface area contributed by atoms with Crippen molar-refractivity contribution in [2.45, 2.75) is 25.7 Å². The maximum atomic E-state index is 10.2. The number of aryl methyl sites for hydroxylation is 1. The first-order valence-electron chi connectivity index (χ1n) is 8.72. The van der Waals surface area contributed by atoms with Crippen LogP contribution in [0.15, 0.2) is 59.1 Å². The van der Waals surface area contributed by atoms with Gasteiger partial charge in [-0.1, -0.05) is 31.5 Å². The lowest BCUT2D eigenvalue weighted by Gasteiger charge is -2.16. The van der Waals surface area contributed by atoms with Crippen LogP contribution in [0.4, 0.5) is 5.13 Å². The van der Waals surface area contributed by atoms with Crippen LogP contribution in [0, 0.1) is 6.92 Å². The molecule has 3 rings (SSSR count). The highest BCUT2D eigenvalue weighted by molar-refractivity contribution is 7.97. The maximum Gasteiger partial charge on any atom is 0.213 e. The van der Waals surface area contributed by atoms with Crippen molar-refractivity contribution in [3.05, 3.63) is 59.7 Å². The van der Waals surface area contributed by atoms with Crippen LogP contribution in [-0.2, 0) is 4.79 Å². The van der Waals surface area contributed by atoms with Gasteiger partial charge in [0, 0.05) is 41.3 Å². The quantitative estimate of drug-likeness (QED) is 0.441. The highest BCUT2D eigenvalue weighted by Gasteiger charge is 2.03. The van der Waals surface area contributed by atoms with E-state index in [9.17, 15) is 4.79 Å². The predicted octanol–water partition coefficient (Wildman–Crippen LogP) is 5.12. The third-order valence-corrected chi connectivity index (χ3v) is 5.64. The van der Waals surface area contributed by atoms with E-state index in [1.165, 1.54) is 21.8 Å². The molecule has 0 aliphatic rings. The Hall–Kier alpha value is -2.22. The van der Waals surface area contributed by atoms with Crippen LogP contribution in [0.2, 0.25) is 0 Å². The minimum atomic E-state index is 0.596. The Balaban J connectivity index is 0.000000194. The molecule has 0 unspecified atom stereocenters. The van der Waals surface area contributed by atoms with Crippen LogP contribution in [0.1, 0.15) is 19.4 Å². The molecule has 0 fully saturated rings. The lowest BCUT2D eigenvalue weighted by Crippen LogP contribution is -2.13. The van der Waals surface area contributed by atoms with E-state index >= 15 is 0 Å². The molecule has 0 saturated heterocycles. The summed E-state index contributed by atoms with van der Waals surface area (Å²) in [5.41, 5.74) is 3.10. The topological polar surface area (TPSA) is 58.1 Å². The monoisotopic (exact) mass is 400 g/mol. The molecule has 3 aromatic rings. The Kier molecular flexibility index (Phi) is 8.97. The SMILES string of the molecule is CCN(CC)Sc1ccc(C)cc1.O=CNc1nc(-c2cccnc2)cs1. The van der Waals surface area contributed by atoms with Gasteiger partial charge in [0.05, 0.1) is 5.69 Å². The first-order valence-corrected chi connectivity index (χ1v) is 10.4. The summed E-state index contributed by atoms with van der Waals surface area (Å²) in [5, 5.41) is 4.98. The van der Waals surface area contributed by atoms with Crippen molar-refractivity contribution < 1.29 is 4.79 Å². The number of carbonyl (C=O) groups excluding carboxylic acids is 1. The molecule has 2 heterocycles. The fourth-order valence-electron chi connectivity index (χ4n) is 2.14. The van der Waals surface area contributed by atoms with Gasteiger partial charge in [-0.3, -0.25) is 9.78 Å². The maximum absolute atomic E-state index is 10.2. The van der Waals surface area contributed by atoms with Crippen LogP contribution in [0.5, 0.6) is 0 Å². The highest BCUT2D eigenvalue weighted by Crippen LogP contribution is 2.23. The zero-order valence-electron chi connectivity index (χ0n) is 15.8. The van der Waals surface area contributed by atoms with Crippen LogP contribution >= 0.6 is 23.3 Å². The van der Waals surface area contributed by atoms with E-state index in [1.54, 1.807) is 12.4 Å². The molecule has 0 radical (unpaired) electrons. The summed E-state index contributed by atoms with van der Waals surface area (Å²) in [6.07, 6.45) is 4.06. The number of hydrogen-bond acceptors (Lipinski definition) is 6. The van der Waals surface area contributed by atoms with Crippen LogP contribution in [-0.4, -0.2) is 33.8 Å². The Morgan fingerprint density at radius 3 is 2.52 bits per heavy atom. The summed E-state index contributed by atoms with van der Waals surface area (Å²) in [7, 11) is 0. The summed E-state index contributed by atoms with van der Waals surface area (Å²) in [6.45, 7) is 8.67. The predicted molar refractivity (Wildman–Crippen MR) is 115 cm³/mol. The molecule has 27 heavy (non-hydrogen) atoms. The van der Waals surface area contributed by atoms with Gasteiger partial charge in [-0.2, -0.15) is 0 Å². The number of hydrogen-bond donors (Lipinski definition) is 1. The molecule has 5 nitrogen and oxygen atoms in total. The number of nitrogens with one attached hydrogen (secondary N) is 1. The summed E-state index contributed by atoms with van der Waals surface area (Å²) < 4.78 is 2.34. The number of anilines is 1. The second kappa shape index (κ2) is 11.5. The number of nitrogens with zero attached hydrogens (tertiary/aromatic N) is 3. The molecule has 0 saturated carbocycles. The molecule has 142 valence electrons. The van der Waals surface area contributed by atoms with E-state index in [0.717, 1.165) is 24.3 Å². The molecule has 1 N–H and O–H groups in total. The van der Waals surface area contributed by atoms with E-state index in [4.69, 9.17) is 0 Å². The number of amides is 1. The average Bonchev–Trinajstić information content (AvgIpc) is 3.18. The first kappa shape index (κ1) is 21.1. The molecule has 1 aromatic carbocycles. The number of pyridine rings is 1. The number of benzene rings is 1. The minimum Gasteiger partial charge on any atom is -0.305 e. The average molecular weight is 401 g/mol. The van der Waals surface area contributed by atoms with E-state index in [1.807, 2.05) is 29.5 Å². The Morgan fingerprint density at radius 2 is 1.93 bits per heavy atom. The Morgan fingerprint density at radius 1 is 1.19 bits per heavy atom. The molecule has 1 amide bonds. The van der Waals surface area contributed by atoms with Gasteiger partial charge in [0.1, 0.15) is 0 Å². The normalized spacial score (nSPS) is 10.2. The lowest BCUT2D eigenvalue weighted by molar-refractivity contribution is -0.105. The highest BCUT2D eigenvalue weighted by atomic mass is 32.2. The van der Waals surface area contributed by atoms with Crippen molar-refractivity contribution in [3.63, 3.8) is 0 Å². The van der Waals surface area contributed by atoms with Crippen molar-refractivity contribution in [2.75, 3.05) is 18.4 Å². The smallest absolute Gasteiger partial charge is 0.213 e. The molecule has 0 aliphatic carbocycles. The molecule has 0 bridgehead atoms. The molecule has 2 aromatic heterocycles. The van der Waals surface area contributed by atoms with Crippen molar-refractivity contribution in [3.8, 4) is 11.3 Å². The fourth-order valence-corrected chi connectivity index (χ4v) is 3.63. The number of thiazole rings is 1. The Bertz CT molecular complexity index is 802. The van der Waals surface area contributed by atoms with E-state index < -0.39 is 0 Å². The lowest BCUT2D eigenvalue weighted by atomic mass is 10.2. The zero-order chi connectivity index (χ0) is 19.5. The van der Waals surface area contributed by atoms with Gasteiger partial charge in [-0.05, 0) is 43.1 Å². The van der Waals surface area contributed by atoms with Crippen molar-refractivity contribution in [2.24, 2.45) is 0 Å². The largest absolute Gasteiger partial charge is 0.305 e. The molecular weight excluding hydrogens is 376 g/mol. The van der Waals surface area contributed by atoms with Crippen LogP contribution in [0.25, 0.3) is 11.3 Å². The van der Waals surface area contributed by atoms with Crippen molar-refractivity contribution >= 4 is 34.8 Å². The second-order valence-electron chi connectivity index (χ2n) is 5.56. The number of rotatable bonds is 7. The Labute approximate surface area is 169 Å². The third kappa shape index (κ3) is 7.13. The van der Waals surface area contributed by atoms with Gasteiger partial charge in [-0.25, -0.2) is 9.29 Å². The third-order valence-electron chi connectivity index (χ3n) is 3.60. The van der Waals surface area contributed by atoms with E-state index in [2.05, 4.69) is 64.6 Å². The molecule has 0 aliphatic heterocycles. The number of carbonyl (C=O) groups is 1. The summed E-state index contributed by atoms with van der Waals surface area (Å²) in [6, 6.07) is 12.4.